The molecule has 1 fully saturated rings. The van der Waals surface area contributed by atoms with Crippen LogP contribution < -0.4 is 14.4 Å². The molecule has 0 spiro atoms. The van der Waals surface area contributed by atoms with E-state index in [2.05, 4.69) is 15.0 Å². The number of nitrogens with one attached hydrogen (secondary N) is 1. The quantitative estimate of drug-likeness (QED) is 0.673. The molecule has 3 aromatic rings. The average Bonchev–Trinajstić information content (AvgIpc) is 3.30. The summed E-state index contributed by atoms with van der Waals surface area (Å²) in [7, 11) is 4.77. The van der Waals surface area contributed by atoms with Crippen LogP contribution in [0.2, 0.25) is 0 Å². The number of hydrogen-bond donors (Lipinski definition) is 2. The Morgan fingerprint density at radius 3 is 2.40 bits per heavy atom. The third-order valence-corrected chi connectivity index (χ3v) is 5.43. The molecule has 1 aliphatic heterocycles. The van der Waals surface area contributed by atoms with E-state index in [9.17, 15) is 9.90 Å². The summed E-state index contributed by atoms with van der Waals surface area (Å²) in [6, 6.07) is 12.1. The number of hydrogen-bond acceptors (Lipinski definition) is 6. The molecule has 3 unspecified atom stereocenters. The molecule has 0 bridgehead atoms. The van der Waals surface area contributed by atoms with Gasteiger partial charge in [0.15, 0.2) is 5.78 Å². The lowest BCUT2D eigenvalue weighted by Crippen LogP contribution is -2.42. The molecule has 4 rings (SSSR count). The molecular weight excluding hydrogens is 384 g/mol. The number of aliphatic imine (C=N–C) groups is 1. The number of aromatic amines is 1. The number of rotatable bonds is 5. The molecule has 156 valence electrons. The van der Waals surface area contributed by atoms with Crippen molar-refractivity contribution in [2.75, 3.05) is 26.2 Å². The molecule has 1 saturated heterocycles. The second-order valence-corrected chi connectivity index (χ2v) is 7.19. The van der Waals surface area contributed by atoms with Gasteiger partial charge in [0.25, 0.3) is 0 Å². The summed E-state index contributed by atoms with van der Waals surface area (Å²) in [6.45, 7) is 1.46. The van der Waals surface area contributed by atoms with Gasteiger partial charge < -0.3 is 24.5 Å². The molecule has 8 heteroatoms. The lowest BCUT2D eigenvalue weighted by atomic mass is 9.98. The van der Waals surface area contributed by atoms with E-state index in [0.717, 1.165) is 11.0 Å². The summed E-state index contributed by atoms with van der Waals surface area (Å²) in [5.74, 6) is 1.48. The van der Waals surface area contributed by atoms with Crippen LogP contribution in [0.4, 0.5) is 5.69 Å². The Kier molecular flexibility index (Phi) is 5.17. The largest absolute Gasteiger partial charge is 0.497 e. The van der Waals surface area contributed by atoms with E-state index >= 15 is 0 Å². The van der Waals surface area contributed by atoms with Crippen LogP contribution >= 0.6 is 0 Å². The van der Waals surface area contributed by atoms with E-state index in [1.54, 1.807) is 44.4 Å². The second-order valence-electron chi connectivity index (χ2n) is 7.19. The summed E-state index contributed by atoms with van der Waals surface area (Å²) in [5.41, 5.74) is 2.29. The van der Waals surface area contributed by atoms with Crippen LogP contribution in [0.1, 0.15) is 18.7 Å². The van der Waals surface area contributed by atoms with Crippen LogP contribution in [0.25, 0.3) is 11.0 Å². The number of H-pyrrole nitrogens is 1. The number of benzene rings is 2. The van der Waals surface area contributed by atoms with E-state index in [1.165, 1.54) is 6.92 Å². The van der Waals surface area contributed by atoms with Crippen molar-refractivity contribution in [3.05, 3.63) is 48.3 Å². The van der Waals surface area contributed by atoms with Crippen molar-refractivity contribution < 1.29 is 19.4 Å². The fraction of sp³-hybridized carbons (Fsp3) is 0.318. The van der Waals surface area contributed by atoms with Crippen molar-refractivity contribution in [3.8, 4) is 11.5 Å². The number of aromatic nitrogens is 2. The first kappa shape index (κ1) is 19.9. The average molecular weight is 408 g/mol. The first-order valence-corrected chi connectivity index (χ1v) is 9.60. The fourth-order valence-electron chi connectivity index (χ4n) is 4.08. The second kappa shape index (κ2) is 7.79. The van der Waals surface area contributed by atoms with Crippen molar-refractivity contribution in [2.24, 2.45) is 4.99 Å². The molecule has 0 aliphatic carbocycles. The number of para-hydroxylation sites is 2. The summed E-state index contributed by atoms with van der Waals surface area (Å²) in [5, 5.41) is 11.2. The number of Topliss-reactive ketones (excluding diaryl/α,β-unsaturated/α-hetero) is 1. The number of nitrogens with zero attached hydrogens (tertiary/aromatic N) is 3. The summed E-state index contributed by atoms with van der Waals surface area (Å²) < 4.78 is 10.8. The molecule has 0 amide bonds. The minimum atomic E-state index is -1.03. The first-order chi connectivity index (χ1) is 14.5. The van der Waals surface area contributed by atoms with Gasteiger partial charge in [-0.2, -0.15) is 0 Å². The van der Waals surface area contributed by atoms with Gasteiger partial charge in [-0.05, 0) is 19.1 Å². The zero-order chi connectivity index (χ0) is 21.4. The van der Waals surface area contributed by atoms with Gasteiger partial charge in [0.1, 0.15) is 35.1 Å². The molecule has 8 nitrogen and oxygen atoms in total. The molecule has 0 radical (unpaired) electrons. The van der Waals surface area contributed by atoms with Crippen LogP contribution in [0, 0.1) is 0 Å². The number of carbonyl (C=O) groups is 1. The Hall–Kier alpha value is -3.39. The molecular formula is C22H24N4O4. The van der Waals surface area contributed by atoms with Gasteiger partial charge in [-0.15, -0.1) is 0 Å². The van der Waals surface area contributed by atoms with Gasteiger partial charge >= 0.3 is 0 Å². The van der Waals surface area contributed by atoms with Gasteiger partial charge in [-0.1, -0.05) is 12.1 Å². The monoisotopic (exact) mass is 408 g/mol. The van der Waals surface area contributed by atoms with Gasteiger partial charge in [0.2, 0.25) is 0 Å². The number of ether oxygens (including phenoxy) is 2. The van der Waals surface area contributed by atoms with E-state index in [1.807, 2.05) is 24.3 Å². The first-order valence-electron chi connectivity index (χ1n) is 9.60. The third-order valence-electron chi connectivity index (χ3n) is 5.43. The number of anilines is 1. The van der Waals surface area contributed by atoms with Gasteiger partial charge in [-0.3, -0.25) is 9.79 Å². The maximum Gasteiger partial charge on any atom is 0.155 e. The summed E-state index contributed by atoms with van der Waals surface area (Å²) in [4.78, 5) is 26.7. The lowest BCUT2D eigenvalue weighted by molar-refractivity contribution is -0.119. The van der Waals surface area contributed by atoms with Crippen molar-refractivity contribution in [1.82, 2.24) is 9.97 Å². The number of imidazole rings is 1. The van der Waals surface area contributed by atoms with E-state index in [4.69, 9.17) is 9.47 Å². The Balaban J connectivity index is 1.87. The number of ketones is 1. The SMILES string of the molecule is CN=C1C(c2nc3ccccc3[nH]2)C(O)C(C(C)=O)N1c1cc(OC)cc(OC)c1. The normalized spacial score (nSPS) is 22.6. The molecule has 0 saturated carbocycles. The van der Waals surface area contributed by atoms with Crippen LogP contribution in [0.15, 0.2) is 47.5 Å². The Morgan fingerprint density at radius 2 is 1.83 bits per heavy atom. The highest BCUT2D eigenvalue weighted by atomic mass is 16.5. The van der Waals surface area contributed by atoms with Gasteiger partial charge in [0, 0.05) is 25.2 Å². The highest BCUT2D eigenvalue weighted by molar-refractivity contribution is 6.11. The summed E-state index contributed by atoms with van der Waals surface area (Å²) >= 11 is 0. The predicted molar refractivity (Wildman–Crippen MR) is 115 cm³/mol. The van der Waals surface area contributed by atoms with Crippen LogP contribution in [0.3, 0.4) is 0 Å². The van der Waals surface area contributed by atoms with Crippen molar-refractivity contribution in [2.45, 2.75) is 25.0 Å². The number of carbonyl (C=O) groups excluding carboxylic acids is 1. The van der Waals surface area contributed by atoms with E-state index in [-0.39, 0.29) is 5.78 Å². The van der Waals surface area contributed by atoms with Crippen LogP contribution in [-0.2, 0) is 4.79 Å². The van der Waals surface area contributed by atoms with Crippen LogP contribution in [0.5, 0.6) is 11.5 Å². The van der Waals surface area contributed by atoms with Gasteiger partial charge in [0.05, 0.1) is 37.0 Å². The molecule has 30 heavy (non-hydrogen) atoms. The van der Waals surface area contributed by atoms with E-state index < -0.39 is 18.1 Å². The van der Waals surface area contributed by atoms with Crippen molar-refractivity contribution >= 4 is 28.3 Å². The predicted octanol–water partition coefficient (Wildman–Crippen LogP) is 2.53. The number of aliphatic hydroxyl groups excluding tert-OH is 1. The standard InChI is InChI=1S/C22H24N4O4/c1-12(27)19-20(28)18(21-24-16-7-5-6-8-17(16)25-21)22(23-2)26(19)13-9-14(29-3)11-15(10-13)30-4/h5-11,18-20,28H,1-4H3,(H,24,25). The van der Waals surface area contributed by atoms with Crippen LogP contribution in [-0.4, -0.2) is 60.1 Å². The molecule has 2 aromatic carbocycles. The summed E-state index contributed by atoms with van der Waals surface area (Å²) in [6.07, 6.45) is -1.03. The smallest absolute Gasteiger partial charge is 0.155 e. The topological polar surface area (TPSA) is 100 Å². The Bertz CT molecular complexity index is 1070. The zero-order valence-electron chi connectivity index (χ0n) is 17.3. The lowest BCUT2D eigenvalue weighted by Gasteiger charge is -2.26. The number of fused-ring (bicyclic) bond motifs is 1. The number of aliphatic hydroxyl groups is 1. The Morgan fingerprint density at radius 1 is 1.17 bits per heavy atom. The maximum atomic E-state index is 12.6. The highest BCUT2D eigenvalue weighted by Crippen LogP contribution is 2.40. The highest BCUT2D eigenvalue weighted by Gasteiger charge is 2.50. The molecule has 2 heterocycles. The molecule has 2 N–H and O–H groups in total. The minimum absolute atomic E-state index is 0.177. The fourth-order valence-corrected chi connectivity index (χ4v) is 4.08. The minimum Gasteiger partial charge on any atom is -0.497 e. The zero-order valence-corrected chi connectivity index (χ0v) is 17.3. The number of methoxy groups -OCH3 is 2. The van der Waals surface area contributed by atoms with E-state index in [0.29, 0.717) is 28.8 Å². The molecule has 3 atom stereocenters. The Labute approximate surface area is 174 Å². The van der Waals surface area contributed by atoms with Crippen molar-refractivity contribution in [3.63, 3.8) is 0 Å². The van der Waals surface area contributed by atoms with Gasteiger partial charge in [-0.25, -0.2) is 4.98 Å². The number of amidine groups is 1. The third kappa shape index (κ3) is 3.19. The molecule has 1 aliphatic rings. The molecule has 1 aromatic heterocycles. The maximum absolute atomic E-state index is 12.6. The van der Waals surface area contributed by atoms with Crippen molar-refractivity contribution in [1.29, 1.82) is 0 Å².